The van der Waals surface area contributed by atoms with Crippen LogP contribution in [-0.4, -0.2) is 13.1 Å². The van der Waals surface area contributed by atoms with E-state index in [0.29, 0.717) is 11.3 Å². The number of ether oxygens (including phenoxy) is 1. The van der Waals surface area contributed by atoms with Crippen molar-refractivity contribution in [1.29, 1.82) is 0 Å². The molecule has 0 radical (unpaired) electrons. The van der Waals surface area contributed by atoms with Crippen molar-refractivity contribution < 1.29 is 9.53 Å². The Morgan fingerprint density at radius 2 is 1.82 bits per heavy atom. The predicted molar refractivity (Wildman–Crippen MR) is 67.6 cm³/mol. The maximum absolute atomic E-state index is 11.3. The molecule has 0 heterocycles. The van der Waals surface area contributed by atoms with Crippen molar-refractivity contribution in [2.45, 2.75) is 0 Å². The molecule has 0 unspecified atom stereocenters. The van der Waals surface area contributed by atoms with E-state index in [0.717, 1.165) is 11.1 Å². The van der Waals surface area contributed by atoms with E-state index in [-0.39, 0.29) is 5.97 Å². The molecule has 0 aliphatic rings. The highest BCUT2D eigenvalue weighted by Crippen LogP contribution is 2.26. The summed E-state index contributed by atoms with van der Waals surface area (Å²) in [5, 5.41) is 0. The monoisotopic (exact) mass is 227 g/mol. The predicted octanol–water partition coefficient (Wildman–Crippen LogP) is 2.72. The van der Waals surface area contributed by atoms with Crippen LogP contribution in [0, 0.1) is 0 Å². The van der Waals surface area contributed by atoms with Crippen molar-refractivity contribution in [2.24, 2.45) is 0 Å². The fourth-order valence-corrected chi connectivity index (χ4v) is 1.69. The fraction of sp³-hybridized carbons (Fsp3) is 0.0714. The van der Waals surface area contributed by atoms with Gasteiger partial charge < -0.3 is 10.5 Å². The molecular weight excluding hydrogens is 214 g/mol. The Kier molecular flexibility index (Phi) is 3.10. The Morgan fingerprint density at radius 3 is 2.41 bits per heavy atom. The summed E-state index contributed by atoms with van der Waals surface area (Å²) in [6.45, 7) is 0. The number of hydrogen-bond acceptors (Lipinski definition) is 3. The lowest BCUT2D eigenvalue weighted by Crippen LogP contribution is -2.02. The second-order valence-corrected chi connectivity index (χ2v) is 3.66. The molecule has 0 spiro atoms. The molecule has 0 fully saturated rings. The smallest absolute Gasteiger partial charge is 0.337 e. The van der Waals surface area contributed by atoms with Gasteiger partial charge in [-0.15, -0.1) is 0 Å². The van der Waals surface area contributed by atoms with Crippen LogP contribution in [0.2, 0.25) is 0 Å². The van der Waals surface area contributed by atoms with Gasteiger partial charge in [0.2, 0.25) is 0 Å². The maximum atomic E-state index is 11.3. The first-order valence-corrected chi connectivity index (χ1v) is 5.25. The number of carbonyl (C=O) groups is 1. The second kappa shape index (κ2) is 4.70. The van der Waals surface area contributed by atoms with Crippen molar-refractivity contribution in [2.75, 3.05) is 12.8 Å². The third-order valence-corrected chi connectivity index (χ3v) is 2.56. The third kappa shape index (κ3) is 2.28. The van der Waals surface area contributed by atoms with Crippen molar-refractivity contribution in [3.05, 3.63) is 54.1 Å². The zero-order chi connectivity index (χ0) is 12.3. The average Bonchev–Trinajstić information content (AvgIpc) is 2.38. The summed E-state index contributed by atoms with van der Waals surface area (Å²) >= 11 is 0. The molecule has 0 saturated heterocycles. The third-order valence-electron chi connectivity index (χ3n) is 2.56. The Bertz CT molecular complexity index is 535. The molecule has 2 aromatic carbocycles. The van der Waals surface area contributed by atoms with E-state index in [9.17, 15) is 4.79 Å². The summed E-state index contributed by atoms with van der Waals surface area (Å²) in [5.41, 5.74) is 8.91. The quantitative estimate of drug-likeness (QED) is 0.634. The molecule has 0 aliphatic carbocycles. The van der Waals surface area contributed by atoms with Crippen LogP contribution < -0.4 is 5.73 Å². The van der Waals surface area contributed by atoms with Gasteiger partial charge in [-0.2, -0.15) is 0 Å². The highest BCUT2D eigenvalue weighted by molar-refractivity contribution is 5.92. The van der Waals surface area contributed by atoms with Crippen LogP contribution in [0.4, 0.5) is 5.69 Å². The Balaban J connectivity index is 2.42. The van der Waals surface area contributed by atoms with Crippen LogP contribution in [0.3, 0.4) is 0 Å². The van der Waals surface area contributed by atoms with Gasteiger partial charge in [0.15, 0.2) is 0 Å². The lowest BCUT2D eigenvalue weighted by molar-refractivity contribution is 0.0601. The SMILES string of the molecule is COC(=O)c1ccc(-c2ccccc2)c(N)c1. The summed E-state index contributed by atoms with van der Waals surface area (Å²) in [7, 11) is 1.35. The van der Waals surface area contributed by atoms with E-state index in [1.165, 1.54) is 7.11 Å². The molecule has 0 atom stereocenters. The average molecular weight is 227 g/mol. The first kappa shape index (κ1) is 11.2. The highest BCUT2D eigenvalue weighted by atomic mass is 16.5. The first-order valence-electron chi connectivity index (χ1n) is 5.25. The molecule has 0 aliphatic heterocycles. The van der Waals surface area contributed by atoms with Gasteiger partial charge in [-0.05, 0) is 17.7 Å². The first-order chi connectivity index (χ1) is 8.22. The second-order valence-electron chi connectivity index (χ2n) is 3.66. The maximum Gasteiger partial charge on any atom is 0.337 e. The molecule has 0 saturated carbocycles. The van der Waals surface area contributed by atoms with Gasteiger partial charge in [0, 0.05) is 11.3 Å². The van der Waals surface area contributed by atoms with Crippen LogP contribution in [0.1, 0.15) is 10.4 Å². The summed E-state index contributed by atoms with van der Waals surface area (Å²) in [4.78, 5) is 11.3. The number of hydrogen-bond donors (Lipinski definition) is 1. The van der Waals surface area contributed by atoms with E-state index in [2.05, 4.69) is 4.74 Å². The molecule has 2 rings (SSSR count). The number of benzene rings is 2. The van der Waals surface area contributed by atoms with Gasteiger partial charge in [-0.3, -0.25) is 0 Å². The lowest BCUT2D eigenvalue weighted by Gasteiger charge is -2.07. The molecule has 2 N–H and O–H groups in total. The minimum absolute atomic E-state index is 0.378. The van der Waals surface area contributed by atoms with Crippen molar-refractivity contribution in [3.63, 3.8) is 0 Å². The van der Waals surface area contributed by atoms with Crippen LogP contribution >= 0.6 is 0 Å². The minimum atomic E-state index is -0.378. The van der Waals surface area contributed by atoms with Gasteiger partial charge in [0.05, 0.1) is 12.7 Å². The number of nitrogen functional groups attached to an aromatic ring is 1. The standard InChI is InChI=1S/C14H13NO2/c1-17-14(16)11-7-8-12(13(15)9-11)10-5-3-2-4-6-10/h2-9H,15H2,1H3. The van der Waals surface area contributed by atoms with E-state index < -0.39 is 0 Å². The molecule has 17 heavy (non-hydrogen) atoms. The van der Waals surface area contributed by atoms with Gasteiger partial charge in [0.25, 0.3) is 0 Å². The summed E-state index contributed by atoms with van der Waals surface area (Å²) in [5.74, 6) is -0.378. The molecule has 2 aromatic rings. The van der Waals surface area contributed by atoms with Crippen molar-refractivity contribution in [3.8, 4) is 11.1 Å². The minimum Gasteiger partial charge on any atom is -0.465 e. The van der Waals surface area contributed by atoms with Gasteiger partial charge in [0.1, 0.15) is 0 Å². The van der Waals surface area contributed by atoms with E-state index in [1.807, 2.05) is 36.4 Å². The summed E-state index contributed by atoms with van der Waals surface area (Å²) in [6, 6.07) is 15.0. The topological polar surface area (TPSA) is 52.3 Å². The molecular formula is C14H13NO2. The summed E-state index contributed by atoms with van der Waals surface area (Å²) in [6.07, 6.45) is 0. The molecule has 3 heteroatoms. The Labute approximate surface area is 99.8 Å². The molecule has 86 valence electrons. The number of esters is 1. The molecule has 3 nitrogen and oxygen atoms in total. The van der Waals surface area contributed by atoms with Gasteiger partial charge >= 0.3 is 5.97 Å². The molecule has 0 amide bonds. The van der Waals surface area contributed by atoms with E-state index in [4.69, 9.17) is 5.73 Å². The number of nitrogens with two attached hydrogens (primary N) is 1. The Hall–Kier alpha value is -2.29. The van der Waals surface area contributed by atoms with Crippen LogP contribution in [0.15, 0.2) is 48.5 Å². The number of carbonyl (C=O) groups excluding carboxylic acids is 1. The number of methoxy groups -OCH3 is 1. The van der Waals surface area contributed by atoms with Gasteiger partial charge in [-0.25, -0.2) is 4.79 Å². The highest BCUT2D eigenvalue weighted by Gasteiger charge is 2.08. The van der Waals surface area contributed by atoms with Crippen LogP contribution in [0.5, 0.6) is 0 Å². The summed E-state index contributed by atoms with van der Waals surface area (Å²) < 4.78 is 4.64. The zero-order valence-corrected chi connectivity index (χ0v) is 9.51. The van der Waals surface area contributed by atoms with Crippen LogP contribution in [0.25, 0.3) is 11.1 Å². The molecule has 0 aromatic heterocycles. The normalized spacial score (nSPS) is 9.94. The Morgan fingerprint density at radius 1 is 1.12 bits per heavy atom. The fourth-order valence-electron chi connectivity index (χ4n) is 1.69. The molecule has 0 bridgehead atoms. The van der Waals surface area contributed by atoms with Gasteiger partial charge in [-0.1, -0.05) is 36.4 Å². The number of anilines is 1. The van der Waals surface area contributed by atoms with Crippen LogP contribution in [-0.2, 0) is 4.74 Å². The van der Waals surface area contributed by atoms with Crippen molar-refractivity contribution >= 4 is 11.7 Å². The van der Waals surface area contributed by atoms with Crippen molar-refractivity contribution in [1.82, 2.24) is 0 Å². The van der Waals surface area contributed by atoms with E-state index >= 15 is 0 Å². The lowest BCUT2D eigenvalue weighted by atomic mass is 10.0. The largest absolute Gasteiger partial charge is 0.465 e. The number of rotatable bonds is 2. The zero-order valence-electron chi connectivity index (χ0n) is 9.51. The van der Waals surface area contributed by atoms with E-state index in [1.54, 1.807) is 12.1 Å².